The van der Waals surface area contributed by atoms with Gasteiger partial charge in [-0.2, -0.15) is 0 Å². The average molecular weight is 430 g/mol. The van der Waals surface area contributed by atoms with E-state index in [0.29, 0.717) is 40.5 Å². The maximum Gasteiger partial charge on any atom is 0.290 e. The summed E-state index contributed by atoms with van der Waals surface area (Å²) in [5.74, 6) is -0.784. The first kappa shape index (κ1) is 20.3. The summed E-state index contributed by atoms with van der Waals surface area (Å²) in [6, 6.07) is 9.12. The molecule has 3 heterocycles. The zero-order valence-electron chi connectivity index (χ0n) is 16.5. The van der Waals surface area contributed by atoms with Gasteiger partial charge in [0.05, 0.1) is 5.57 Å². The normalized spacial score (nSPS) is 16.8. The van der Waals surface area contributed by atoms with Crippen molar-refractivity contribution in [3.63, 3.8) is 0 Å². The van der Waals surface area contributed by atoms with Gasteiger partial charge in [-0.15, -0.1) is 0 Å². The second-order valence-electron chi connectivity index (χ2n) is 7.08. The number of hydrogen-bond donors (Lipinski definition) is 1. The molecule has 1 aliphatic rings. The number of methoxy groups -OCH3 is 1. The molecular weight excluding hydrogens is 410 g/mol. The van der Waals surface area contributed by atoms with Gasteiger partial charge in [0.25, 0.3) is 5.91 Å². The molecule has 1 unspecified atom stereocenters. The van der Waals surface area contributed by atoms with Crippen LogP contribution in [0.1, 0.15) is 34.5 Å². The van der Waals surface area contributed by atoms with Crippen LogP contribution in [0.15, 0.2) is 56.6 Å². The van der Waals surface area contributed by atoms with E-state index in [1.54, 1.807) is 50.4 Å². The summed E-state index contributed by atoms with van der Waals surface area (Å²) in [7, 11) is 1.57. The highest BCUT2D eigenvalue weighted by Crippen LogP contribution is 2.40. The van der Waals surface area contributed by atoms with Crippen molar-refractivity contribution in [2.75, 3.05) is 20.3 Å². The van der Waals surface area contributed by atoms with Crippen molar-refractivity contribution in [2.24, 2.45) is 0 Å². The molecule has 1 amide bonds. The Hall–Kier alpha value is -3.03. The van der Waals surface area contributed by atoms with Crippen molar-refractivity contribution in [3.8, 4) is 0 Å². The highest BCUT2D eigenvalue weighted by atomic mass is 35.5. The largest absolute Gasteiger partial charge is 0.503 e. The molecule has 0 saturated carbocycles. The minimum Gasteiger partial charge on any atom is -0.503 e. The van der Waals surface area contributed by atoms with Crippen LogP contribution in [-0.4, -0.2) is 42.0 Å². The number of nitrogens with zero attached hydrogens (tertiary/aromatic N) is 1. The number of ether oxygens (including phenoxy) is 1. The van der Waals surface area contributed by atoms with Gasteiger partial charge in [0, 0.05) is 30.7 Å². The Balaban J connectivity index is 1.75. The molecule has 2 aromatic heterocycles. The summed E-state index contributed by atoms with van der Waals surface area (Å²) in [5.41, 5.74) is 0.409. The fourth-order valence-electron chi connectivity index (χ4n) is 3.65. The number of carbonyl (C=O) groups excluding carboxylic acids is 2. The highest BCUT2D eigenvalue weighted by molar-refractivity contribution is 6.31. The SMILES string of the molecule is COCCCN1C(=O)C(O)=C(C(=O)c2cc3cc(Cl)ccc3o2)C1c1ccc(C)o1. The van der Waals surface area contributed by atoms with Crippen LogP contribution in [0.5, 0.6) is 0 Å². The van der Waals surface area contributed by atoms with Crippen LogP contribution in [-0.2, 0) is 9.53 Å². The number of aliphatic hydroxyl groups excluding tert-OH is 1. The van der Waals surface area contributed by atoms with Crippen LogP contribution in [0.3, 0.4) is 0 Å². The third-order valence-electron chi connectivity index (χ3n) is 5.03. The van der Waals surface area contributed by atoms with Crippen LogP contribution in [0.4, 0.5) is 0 Å². The number of Topliss-reactive ketones (excluding diaryl/α,β-unsaturated/α-hetero) is 1. The van der Waals surface area contributed by atoms with Gasteiger partial charge in [-0.1, -0.05) is 11.6 Å². The lowest BCUT2D eigenvalue weighted by Gasteiger charge is -2.24. The Kier molecular flexibility index (Phi) is 5.40. The first-order chi connectivity index (χ1) is 14.4. The van der Waals surface area contributed by atoms with Gasteiger partial charge < -0.3 is 23.6 Å². The lowest BCUT2D eigenvalue weighted by Crippen LogP contribution is -2.32. The molecule has 0 bridgehead atoms. The molecular formula is C22H20ClNO6. The van der Waals surface area contributed by atoms with E-state index < -0.39 is 23.5 Å². The lowest BCUT2D eigenvalue weighted by atomic mass is 9.99. The van der Waals surface area contributed by atoms with Gasteiger partial charge in [-0.05, 0) is 49.7 Å². The van der Waals surface area contributed by atoms with E-state index in [0.717, 1.165) is 0 Å². The number of ketones is 1. The van der Waals surface area contributed by atoms with Crippen molar-refractivity contribution in [1.29, 1.82) is 0 Å². The monoisotopic (exact) mass is 429 g/mol. The summed E-state index contributed by atoms with van der Waals surface area (Å²) in [6.07, 6.45) is 0.538. The van der Waals surface area contributed by atoms with Crippen molar-refractivity contribution >= 4 is 34.3 Å². The van der Waals surface area contributed by atoms with Gasteiger partial charge in [0.1, 0.15) is 23.1 Å². The Morgan fingerprint density at radius 2 is 2.03 bits per heavy atom. The standard InChI is InChI=1S/C22H20ClNO6/c1-12-4-6-16(29-12)19-18(21(26)22(27)24(19)8-3-9-28-2)20(25)17-11-13-10-14(23)5-7-15(13)30-17/h4-7,10-11,19,26H,3,8-9H2,1-2H3. The van der Waals surface area contributed by atoms with Crippen molar-refractivity contribution in [2.45, 2.75) is 19.4 Å². The predicted molar refractivity (Wildman–Crippen MR) is 110 cm³/mol. The van der Waals surface area contributed by atoms with E-state index in [1.807, 2.05) is 0 Å². The van der Waals surface area contributed by atoms with E-state index in [9.17, 15) is 14.7 Å². The van der Waals surface area contributed by atoms with E-state index in [1.165, 1.54) is 4.90 Å². The third kappa shape index (κ3) is 3.51. The van der Waals surface area contributed by atoms with Crippen LogP contribution in [0, 0.1) is 6.92 Å². The fourth-order valence-corrected chi connectivity index (χ4v) is 3.83. The molecule has 0 saturated heterocycles. The summed E-state index contributed by atoms with van der Waals surface area (Å²) in [6.45, 7) is 2.49. The quantitative estimate of drug-likeness (QED) is 0.435. The highest BCUT2D eigenvalue weighted by Gasteiger charge is 2.45. The molecule has 0 fully saturated rings. The minimum absolute atomic E-state index is 0.00800. The summed E-state index contributed by atoms with van der Waals surface area (Å²) in [4.78, 5) is 27.5. The van der Waals surface area contributed by atoms with Gasteiger partial charge in [0.15, 0.2) is 11.5 Å². The molecule has 1 aliphatic heterocycles. The van der Waals surface area contributed by atoms with E-state index in [2.05, 4.69) is 0 Å². The number of fused-ring (bicyclic) bond motifs is 1. The van der Waals surface area contributed by atoms with E-state index >= 15 is 0 Å². The van der Waals surface area contributed by atoms with Gasteiger partial charge >= 0.3 is 0 Å². The second-order valence-corrected chi connectivity index (χ2v) is 7.52. The van der Waals surface area contributed by atoms with Gasteiger partial charge in [0.2, 0.25) is 5.78 Å². The zero-order chi connectivity index (χ0) is 21.4. The van der Waals surface area contributed by atoms with Crippen LogP contribution < -0.4 is 0 Å². The molecule has 0 aliphatic carbocycles. The average Bonchev–Trinajstić information content (AvgIpc) is 3.39. The molecule has 1 aromatic carbocycles. The summed E-state index contributed by atoms with van der Waals surface area (Å²) in [5, 5.41) is 11.8. The number of aryl methyl sites for hydroxylation is 1. The number of rotatable bonds is 7. The molecule has 8 heteroatoms. The zero-order valence-corrected chi connectivity index (χ0v) is 17.2. The molecule has 7 nitrogen and oxygen atoms in total. The fraction of sp³-hybridized carbons (Fsp3) is 0.273. The Labute approximate surface area is 177 Å². The first-order valence-corrected chi connectivity index (χ1v) is 9.81. The number of aliphatic hydroxyl groups is 1. The lowest BCUT2D eigenvalue weighted by molar-refractivity contribution is -0.129. The van der Waals surface area contributed by atoms with E-state index in [4.69, 9.17) is 25.2 Å². The van der Waals surface area contributed by atoms with E-state index in [-0.39, 0.29) is 17.9 Å². The Bertz CT molecular complexity index is 1160. The number of halogens is 1. The number of hydrogen-bond acceptors (Lipinski definition) is 6. The van der Waals surface area contributed by atoms with Crippen LogP contribution >= 0.6 is 11.6 Å². The third-order valence-corrected chi connectivity index (χ3v) is 5.26. The van der Waals surface area contributed by atoms with Crippen molar-refractivity contribution in [1.82, 2.24) is 4.90 Å². The molecule has 30 heavy (non-hydrogen) atoms. The predicted octanol–water partition coefficient (Wildman–Crippen LogP) is 4.60. The molecule has 0 spiro atoms. The first-order valence-electron chi connectivity index (χ1n) is 9.44. The maximum atomic E-state index is 13.3. The molecule has 156 valence electrons. The Morgan fingerprint density at radius 1 is 1.23 bits per heavy atom. The molecule has 3 aromatic rings. The smallest absolute Gasteiger partial charge is 0.290 e. The van der Waals surface area contributed by atoms with Crippen LogP contribution in [0.25, 0.3) is 11.0 Å². The molecule has 0 radical (unpaired) electrons. The maximum absolute atomic E-state index is 13.3. The van der Waals surface area contributed by atoms with Crippen molar-refractivity contribution in [3.05, 3.63) is 70.0 Å². The molecule has 1 N–H and O–H groups in total. The number of amides is 1. The van der Waals surface area contributed by atoms with Crippen LogP contribution in [0.2, 0.25) is 5.02 Å². The second kappa shape index (κ2) is 8.01. The van der Waals surface area contributed by atoms with Gasteiger partial charge in [-0.25, -0.2) is 0 Å². The Morgan fingerprint density at radius 3 is 2.73 bits per heavy atom. The van der Waals surface area contributed by atoms with Gasteiger partial charge in [-0.3, -0.25) is 9.59 Å². The van der Waals surface area contributed by atoms with Crippen molar-refractivity contribution < 1.29 is 28.3 Å². The minimum atomic E-state index is -0.854. The number of furan rings is 2. The summed E-state index contributed by atoms with van der Waals surface area (Å²) >= 11 is 6.01. The number of carbonyl (C=O) groups is 2. The topological polar surface area (TPSA) is 93.1 Å². The number of benzene rings is 1. The molecule has 4 rings (SSSR count). The molecule has 1 atom stereocenters. The summed E-state index contributed by atoms with van der Waals surface area (Å²) < 4.78 is 16.5.